The lowest BCUT2D eigenvalue weighted by Crippen LogP contribution is -2.91. The van der Waals surface area contributed by atoms with E-state index in [1.165, 1.54) is 33.6 Å². The molecule has 7 rings (SSSR count). The highest BCUT2D eigenvalue weighted by molar-refractivity contribution is 7.63. The molecule has 0 N–H and O–H groups in total. The molecule has 6 aromatic rings. The Hall–Kier alpha value is -3.73. The standard InChI is InChI=1S/C34H28Si2/c1-3-17-29(18-4-1)35(30-19-5-2-6-20-30)25-26-36(35,33-23-11-15-27-13-7-9-21-31(27)33)34-24-12-16-28-14-8-10-22-32(28)34/h1-24H,25-26H2. The van der Waals surface area contributed by atoms with E-state index in [0.717, 1.165) is 0 Å². The fourth-order valence-electron chi connectivity index (χ4n) is 7.09. The maximum absolute atomic E-state index is 2.49. The van der Waals surface area contributed by atoms with Gasteiger partial charge in [0.05, 0.1) is 0 Å². The highest BCUT2D eigenvalue weighted by atomic mass is 29.3. The van der Waals surface area contributed by atoms with Crippen LogP contribution in [0.25, 0.3) is 21.5 Å². The highest BCUT2D eigenvalue weighted by Gasteiger charge is 2.66. The first-order valence-electron chi connectivity index (χ1n) is 12.9. The van der Waals surface area contributed by atoms with E-state index in [2.05, 4.69) is 146 Å². The fraction of sp³-hybridized carbons (Fsp3) is 0.0588. The molecule has 0 amide bonds. The number of fused-ring (bicyclic) bond motifs is 2. The van der Waals surface area contributed by atoms with Crippen molar-refractivity contribution in [3.63, 3.8) is 0 Å². The van der Waals surface area contributed by atoms with Gasteiger partial charge in [-0.1, -0.05) is 168 Å². The molecule has 0 aliphatic carbocycles. The van der Waals surface area contributed by atoms with Crippen LogP contribution in [0.2, 0.25) is 12.1 Å². The van der Waals surface area contributed by atoms with Crippen molar-refractivity contribution in [1.82, 2.24) is 0 Å². The Balaban J connectivity index is 1.67. The van der Waals surface area contributed by atoms with E-state index in [0.29, 0.717) is 0 Å². The quantitative estimate of drug-likeness (QED) is 0.268. The van der Waals surface area contributed by atoms with Gasteiger partial charge in [-0.2, -0.15) is 0 Å². The van der Waals surface area contributed by atoms with Crippen molar-refractivity contribution in [1.29, 1.82) is 0 Å². The molecule has 2 heteroatoms. The summed E-state index contributed by atoms with van der Waals surface area (Å²) in [5.74, 6) is 0. The van der Waals surface area contributed by atoms with Crippen LogP contribution in [-0.2, 0) is 0 Å². The number of hydrogen-bond acceptors (Lipinski definition) is 0. The Morgan fingerprint density at radius 1 is 0.333 bits per heavy atom. The third kappa shape index (κ3) is 2.92. The van der Waals surface area contributed by atoms with E-state index in [-0.39, 0.29) is 0 Å². The van der Waals surface area contributed by atoms with Crippen molar-refractivity contribution in [3.8, 4) is 0 Å². The SMILES string of the molecule is c1ccc([Si]2(c3ccccc3)CC[Si]2(c2cccc3ccccc23)c2cccc3ccccc23)cc1. The lowest BCUT2D eigenvalue weighted by atomic mass is 10.1. The molecule has 0 spiro atoms. The summed E-state index contributed by atoms with van der Waals surface area (Å²) < 4.78 is 0. The molecule has 1 heterocycles. The van der Waals surface area contributed by atoms with E-state index >= 15 is 0 Å². The summed E-state index contributed by atoms with van der Waals surface area (Å²) in [5, 5.41) is 12.1. The summed E-state index contributed by atoms with van der Waals surface area (Å²) in [5.41, 5.74) is 0. The van der Waals surface area contributed by atoms with Crippen molar-refractivity contribution < 1.29 is 0 Å². The number of benzene rings is 6. The van der Waals surface area contributed by atoms with Crippen LogP contribution in [0.5, 0.6) is 0 Å². The second-order valence-corrected chi connectivity index (χ2v) is 22.1. The van der Waals surface area contributed by atoms with Gasteiger partial charge in [-0.25, -0.2) is 0 Å². The molecule has 1 aliphatic heterocycles. The first-order valence-corrected chi connectivity index (χ1v) is 18.3. The summed E-state index contributed by atoms with van der Waals surface area (Å²) in [7, 11) is -4.40. The van der Waals surface area contributed by atoms with Gasteiger partial charge in [0.25, 0.3) is 0 Å². The van der Waals surface area contributed by atoms with Gasteiger partial charge in [0, 0.05) is 0 Å². The third-order valence-electron chi connectivity index (χ3n) is 8.64. The monoisotopic (exact) mass is 492 g/mol. The van der Waals surface area contributed by atoms with E-state index < -0.39 is 15.2 Å². The molecular formula is C34H28Si2. The Bertz CT molecular complexity index is 1560. The molecule has 0 aromatic heterocycles. The summed E-state index contributed by atoms with van der Waals surface area (Å²) in [6.45, 7) is 0. The van der Waals surface area contributed by atoms with Gasteiger partial charge < -0.3 is 0 Å². The van der Waals surface area contributed by atoms with E-state index in [9.17, 15) is 0 Å². The maximum atomic E-state index is 2.49. The average molecular weight is 493 g/mol. The van der Waals surface area contributed by atoms with Gasteiger partial charge >= 0.3 is 0 Å². The zero-order valence-electron chi connectivity index (χ0n) is 20.3. The van der Waals surface area contributed by atoms with Crippen molar-refractivity contribution in [3.05, 3.63) is 146 Å². The van der Waals surface area contributed by atoms with Gasteiger partial charge in [-0.15, -0.1) is 0 Å². The third-order valence-corrected chi connectivity index (χ3v) is 27.2. The normalized spacial score (nSPS) is 16.0. The van der Waals surface area contributed by atoms with Gasteiger partial charge in [0.15, 0.2) is 0 Å². The molecule has 0 nitrogen and oxygen atoms in total. The Kier molecular flexibility index (Phi) is 5.05. The minimum atomic E-state index is -2.25. The largest absolute Gasteiger partial charge is 0.122 e. The van der Waals surface area contributed by atoms with Crippen LogP contribution >= 0.6 is 0 Å². The lowest BCUT2D eigenvalue weighted by molar-refractivity contribution is 1.29. The molecular weight excluding hydrogens is 465 g/mol. The fourth-order valence-corrected chi connectivity index (χ4v) is 27.4. The molecule has 36 heavy (non-hydrogen) atoms. The number of rotatable bonds is 4. The summed E-state index contributed by atoms with van der Waals surface area (Å²) in [6, 6.07) is 58.1. The van der Waals surface area contributed by atoms with Gasteiger partial charge in [0.1, 0.15) is 15.2 Å². The zero-order chi connectivity index (χ0) is 24.0. The van der Waals surface area contributed by atoms with Gasteiger partial charge in [-0.05, 0) is 31.9 Å². The van der Waals surface area contributed by atoms with Crippen LogP contribution in [-0.4, -0.2) is 15.2 Å². The lowest BCUT2D eigenvalue weighted by Gasteiger charge is -2.58. The summed E-state index contributed by atoms with van der Waals surface area (Å²) in [6.07, 6.45) is 0. The topological polar surface area (TPSA) is 0 Å². The van der Waals surface area contributed by atoms with Crippen LogP contribution < -0.4 is 20.7 Å². The van der Waals surface area contributed by atoms with E-state index in [4.69, 9.17) is 0 Å². The van der Waals surface area contributed by atoms with Crippen LogP contribution in [0.1, 0.15) is 0 Å². The predicted octanol–water partition coefficient (Wildman–Crippen LogP) is 5.91. The Morgan fingerprint density at radius 3 is 1.17 bits per heavy atom. The summed E-state index contributed by atoms with van der Waals surface area (Å²) >= 11 is 0. The van der Waals surface area contributed by atoms with Crippen LogP contribution in [0, 0.1) is 0 Å². The van der Waals surface area contributed by atoms with E-state index in [1.54, 1.807) is 20.7 Å². The van der Waals surface area contributed by atoms with E-state index in [1.807, 2.05) is 0 Å². The molecule has 0 saturated carbocycles. The molecule has 0 bridgehead atoms. The number of hydrogen-bond donors (Lipinski definition) is 0. The molecule has 0 atom stereocenters. The van der Waals surface area contributed by atoms with Crippen LogP contribution in [0.3, 0.4) is 0 Å². The Labute approximate surface area is 214 Å². The van der Waals surface area contributed by atoms with Crippen LogP contribution in [0.15, 0.2) is 146 Å². The minimum absolute atomic E-state index is 1.30. The smallest absolute Gasteiger partial charge is 0.0628 e. The summed E-state index contributed by atoms with van der Waals surface area (Å²) in [4.78, 5) is 0. The molecule has 0 unspecified atom stereocenters. The van der Waals surface area contributed by atoms with Crippen molar-refractivity contribution in [2.24, 2.45) is 0 Å². The van der Waals surface area contributed by atoms with Crippen molar-refractivity contribution in [2.75, 3.05) is 0 Å². The molecule has 172 valence electrons. The predicted molar refractivity (Wildman–Crippen MR) is 160 cm³/mol. The highest BCUT2D eigenvalue weighted by Crippen LogP contribution is 2.42. The first kappa shape index (κ1) is 21.5. The van der Waals surface area contributed by atoms with Gasteiger partial charge in [0.2, 0.25) is 0 Å². The first-order chi connectivity index (χ1) is 17.8. The van der Waals surface area contributed by atoms with Gasteiger partial charge in [-0.3, -0.25) is 0 Å². The Morgan fingerprint density at radius 2 is 0.722 bits per heavy atom. The van der Waals surface area contributed by atoms with Crippen molar-refractivity contribution >= 4 is 57.5 Å². The molecule has 1 fully saturated rings. The molecule has 1 aliphatic rings. The van der Waals surface area contributed by atoms with Crippen LogP contribution in [0.4, 0.5) is 0 Å². The zero-order valence-corrected chi connectivity index (χ0v) is 22.3. The molecule has 0 radical (unpaired) electrons. The minimum Gasteiger partial charge on any atom is -0.0628 e. The maximum Gasteiger partial charge on any atom is 0.122 e. The molecule has 1 saturated heterocycles. The second-order valence-electron chi connectivity index (χ2n) is 10.1. The second kappa shape index (κ2) is 8.44. The van der Waals surface area contributed by atoms with Crippen molar-refractivity contribution in [2.45, 2.75) is 12.1 Å². The average Bonchev–Trinajstić information content (AvgIpc) is 2.95. The molecule has 6 aromatic carbocycles.